The summed E-state index contributed by atoms with van der Waals surface area (Å²) in [5.74, 6) is 2.70. The molecule has 0 bridgehead atoms. The standard InChI is InChI=1S/C22H27N5O2/c1-4-16-7-6-8-17(5-2)21(16)25-20-15-24-27-22(26-20)23-13-14-29-19-11-9-18(28-3)10-12-19/h6-12,15H,4-5,13-14H2,1-3H3,(H2,23,25,26,27). The molecule has 2 N–H and O–H groups in total. The third-order valence-corrected chi connectivity index (χ3v) is 4.52. The van der Waals surface area contributed by atoms with E-state index in [1.807, 2.05) is 24.3 Å². The Morgan fingerprint density at radius 2 is 1.62 bits per heavy atom. The first-order valence-electron chi connectivity index (χ1n) is 9.81. The number of aromatic nitrogens is 3. The van der Waals surface area contributed by atoms with Gasteiger partial charge in [0.15, 0.2) is 5.82 Å². The van der Waals surface area contributed by atoms with Crippen molar-refractivity contribution in [2.75, 3.05) is 30.9 Å². The normalized spacial score (nSPS) is 10.4. The molecular formula is C22H27N5O2. The van der Waals surface area contributed by atoms with Crippen LogP contribution in [0, 0.1) is 0 Å². The van der Waals surface area contributed by atoms with E-state index in [-0.39, 0.29) is 0 Å². The zero-order chi connectivity index (χ0) is 20.5. The number of anilines is 3. The van der Waals surface area contributed by atoms with Gasteiger partial charge in [0.25, 0.3) is 0 Å². The molecule has 0 saturated heterocycles. The number of hydrogen-bond donors (Lipinski definition) is 2. The van der Waals surface area contributed by atoms with Crippen molar-refractivity contribution in [3.8, 4) is 11.5 Å². The number of para-hydroxylation sites is 1. The molecule has 0 fully saturated rings. The number of nitrogens with zero attached hydrogens (tertiary/aromatic N) is 3. The number of aryl methyl sites for hydroxylation is 2. The fraction of sp³-hybridized carbons (Fsp3) is 0.318. The maximum Gasteiger partial charge on any atom is 0.244 e. The van der Waals surface area contributed by atoms with E-state index in [2.05, 4.69) is 57.9 Å². The lowest BCUT2D eigenvalue weighted by Gasteiger charge is -2.15. The van der Waals surface area contributed by atoms with Crippen LogP contribution in [0.1, 0.15) is 25.0 Å². The van der Waals surface area contributed by atoms with Gasteiger partial charge in [0.05, 0.1) is 19.9 Å². The molecule has 0 amide bonds. The predicted octanol–water partition coefficient (Wildman–Crippen LogP) is 4.24. The number of hydrogen-bond acceptors (Lipinski definition) is 7. The van der Waals surface area contributed by atoms with Crippen molar-refractivity contribution in [3.63, 3.8) is 0 Å². The molecule has 3 aromatic rings. The number of rotatable bonds is 10. The largest absolute Gasteiger partial charge is 0.497 e. The van der Waals surface area contributed by atoms with Gasteiger partial charge in [0.2, 0.25) is 5.95 Å². The summed E-state index contributed by atoms with van der Waals surface area (Å²) in [6.45, 7) is 5.33. The molecule has 152 valence electrons. The van der Waals surface area contributed by atoms with Gasteiger partial charge >= 0.3 is 0 Å². The summed E-state index contributed by atoms with van der Waals surface area (Å²) in [6.07, 6.45) is 3.52. The molecule has 0 aliphatic carbocycles. The van der Waals surface area contributed by atoms with Gasteiger partial charge < -0.3 is 20.1 Å². The van der Waals surface area contributed by atoms with Crippen LogP contribution in [0.4, 0.5) is 17.5 Å². The van der Waals surface area contributed by atoms with E-state index in [0.717, 1.165) is 30.0 Å². The third kappa shape index (κ3) is 5.57. The lowest BCUT2D eigenvalue weighted by Crippen LogP contribution is -2.14. The zero-order valence-corrected chi connectivity index (χ0v) is 17.1. The van der Waals surface area contributed by atoms with Gasteiger partial charge in [-0.2, -0.15) is 10.1 Å². The van der Waals surface area contributed by atoms with E-state index in [1.54, 1.807) is 13.3 Å². The topological polar surface area (TPSA) is 81.2 Å². The van der Waals surface area contributed by atoms with Crippen molar-refractivity contribution in [2.45, 2.75) is 26.7 Å². The first kappa shape index (κ1) is 20.4. The maximum atomic E-state index is 5.70. The van der Waals surface area contributed by atoms with E-state index in [4.69, 9.17) is 9.47 Å². The summed E-state index contributed by atoms with van der Waals surface area (Å²) in [5, 5.41) is 14.7. The highest BCUT2D eigenvalue weighted by atomic mass is 16.5. The van der Waals surface area contributed by atoms with E-state index in [1.165, 1.54) is 11.1 Å². The number of nitrogens with one attached hydrogen (secondary N) is 2. The molecule has 0 aliphatic rings. The predicted molar refractivity (Wildman–Crippen MR) is 115 cm³/mol. The molecule has 0 radical (unpaired) electrons. The van der Waals surface area contributed by atoms with Gasteiger partial charge in [-0.25, -0.2) is 0 Å². The second kappa shape index (κ2) is 10.3. The molecule has 3 rings (SSSR count). The molecular weight excluding hydrogens is 366 g/mol. The fourth-order valence-electron chi connectivity index (χ4n) is 2.97. The Bertz CT molecular complexity index is 893. The van der Waals surface area contributed by atoms with Crippen LogP contribution in [0.15, 0.2) is 48.7 Å². The van der Waals surface area contributed by atoms with Crippen LogP contribution in [0.3, 0.4) is 0 Å². The minimum Gasteiger partial charge on any atom is -0.497 e. The number of ether oxygens (including phenoxy) is 2. The second-order valence-electron chi connectivity index (χ2n) is 6.40. The number of methoxy groups -OCH3 is 1. The molecule has 0 aliphatic heterocycles. The molecule has 7 nitrogen and oxygen atoms in total. The van der Waals surface area contributed by atoms with Crippen LogP contribution < -0.4 is 20.1 Å². The van der Waals surface area contributed by atoms with Gasteiger partial charge in [-0.3, -0.25) is 0 Å². The molecule has 0 atom stereocenters. The van der Waals surface area contributed by atoms with E-state index in [0.29, 0.717) is 24.9 Å². The molecule has 7 heteroatoms. The van der Waals surface area contributed by atoms with Crippen LogP contribution in [0.5, 0.6) is 11.5 Å². The number of benzene rings is 2. The van der Waals surface area contributed by atoms with Crippen molar-refractivity contribution < 1.29 is 9.47 Å². The molecule has 1 aromatic heterocycles. The minimum absolute atomic E-state index is 0.459. The Kier molecular flexibility index (Phi) is 7.22. The van der Waals surface area contributed by atoms with Gasteiger partial charge in [0, 0.05) is 5.69 Å². The van der Waals surface area contributed by atoms with Crippen molar-refractivity contribution in [1.82, 2.24) is 15.2 Å². The molecule has 2 aromatic carbocycles. The third-order valence-electron chi connectivity index (χ3n) is 4.52. The van der Waals surface area contributed by atoms with Crippen LogP contribution >= 0.6 is 0 Å². The summed E-state index contributed by atoms with van der Waals surface area (Å²) in [5.41, 5.74) is 3.61. The van der Waals surface area contributed by atoms with Crippen molar-refractivity contribution in [3.05, 3.63) is 59.8 Å². The monoisotopic (exact) mass is 393 g/mol. The Labute approximate surface area is 171 Å². The van der Waals surface area contributed by atoms with Crippen LogP contribution in [-0.4, -0.2) is 35.4 Å². The summed E-state index contributed by atoms with van der Waals surface area (Å²) in [6, 6.07) is 13.8. The van der Waals surface area contributed by atoms with Crippen LogP contribution in [-0.2, 0) is 12.8 Å². The highest BCUT2D eigenvalue weighted by Crippen LogP contribution is 2.25. The molecule has 29 heavy (non-hydrogen) atoms. The second-order valence-corrected chi connectivity index (χ2v) is 6.40. The summed E-state index contributed by atoms with van der Waals surface area (Å²) in [7, 11) is 1.64. The van der Waals surface area contributed by atoms with Gasteiger partial charge in [-0.05, 0) is 48.2 Å². The van der Waals surface area contributed by atoms with E-state index < -0.39 is 0 Å². The smallest absolute Gasteiger partial charge is 0.244 e. The summed E-state index contributed by atoms with van der Waals surface area (Å²) < 4.78 is 10.8. The van der Waals surface area contributed by atoms with Gasteiger partial charge in [0.1, 0.15) is 18.1 Å². The Hall–Kier alpha value is -3.35. The SMILES string of the molecule is CCc1cccc(CC)c1Nc1cnnc(NCCOc2ccc(OC)cc2)n1. The first-order chi connectivity index (χ1) is 14.2. The van der Waals surface area contributed by atoms with E-state index in [9.17, 15) is 0 Å². The molecule has 0 saturated carbocycles. The Balaban J connectivity index is 1.57. The van der Waals surface area contributed by atoms with E-state index >= 15 is 0 Å². The van der Waals surface area contributed by atoms with Gasteiger partial charge in [-0.15, -0.1) is 5.10 Å². The maximum absolute atomic E-state index is 5.70. The highest BCUT2D eigenvalue weighted by Gasteiger charge is 2.08. The lowest BCUT2D eigenvalue weighted by atomic mass is 10.0. The molecule has 0 spiro atoms. The average Bonchev–Trinajstić information content (AvgIpc) is 2.77. The quantitative estimate of drug-likeness (QED) is 0.499. The Morgan fingerprint density at radius 3 is 2.28 bits per heavy atom. The summed E-state index contributed by atoms with van der Waals surface area (Å²) >= 11 is 0. The van der Waals surface area contributed by atoms with Crippen LogP contribution in [0.2, 0.25) is 0 Å². The lowest BCUT2D eigenvalue weighted by molar-refractivity contribution is 0.331. The van der Waals surface area contributed by atoms with Crippen molar-refractivity contribution >= 4 is 17.5 Å². The minimum atomic E-state index is 0.459. The first-order valence-corrected chi connectivity index (χ1v) is 9.81. The molecule has 1 heterocycles. The summed E-state index contributed by atoms with van der Waals surface area (Å²) in [4.78, 5) is 4.52. The fourth-order valence-corrected chi connectivity index (χ4v) is 2.97. The van der Waals surface area contributed by atoms with Crippen LogP contribution in [0.25, 0.3) is 0 Å². The highest BCUT2D eigenvalue weighted by molar-refractivity contribution is 5.65. The van der Waals surface area contributed by atoms with Gasteiger partial charge in [-0.1, -0.05) is 32.0 Å². The molecule has 0 unspecified atom stereocenters. The average molecular weight is 393 g/mol. The zero-order valence-electron chi connectivity index (χ0n) is 17.1. The van der Waals surface area contributed by atoms with Crippen molar-refractivity contribution in [2.24, 2.45) is 0 Å². The Morgan fingerprint density at radius 1 is 0.931 bits per heavy atom. The van der Waals surface area contributed by atoms with Crippen molar-refractivity contribution in [1.29, 1.82) is 0 Å².